The van der Waals surface area contributed by atoms with Gasteiger partial charge in [0.15, 0.2) is 6.61 Å². The topological polar surface area (TPSA) is 58.6 Å². The first-order chi connectivity index (χ1) is 18.2. The first kappa shape index (κ1) is 29.4. The fraction of sp³-hybridized carbons (Fsp3) is 0.375. The van der Waals surface area contributed by atoms with E-state index in [9.17, 15) is 9.59 Å². The lowest BCUT2D eigenvalue weighted by Gasteiger charge is -2.31. The minimum Gasteiger partial charge on any atom is -0.484 e. The van der Waals surface area contributed by atoms with E-state index in [-0.39, 0.29) is 23.8 Å². The van der Waals surface area contributed by atoms with Crippen molar-refractivity contribution in [2.75, 3.05) is 13.2 Å². The zero-order valence-corrected chi connectivity index (χ0v) is 24.5. The van der Waals surface area contributed by atoms with Crippen molar-refractivity contribution in [1.29, 1.82) is 0 Å². The lowest BCUT2D eigenvalue weighted by Crippen LogP contribution is -2.51. The molecule has 1 atom stereocenters. The third kappa shape index (κ3) is 9.02. The van der Waals surface area contributed by atoms with Gasteiger partial charge in [0.1, 0.15) is 11.8 Å². The largest absolute Gasteiger partial charge is 0.484 e. The molecule has 0 heterocycles. The third-order valence-corrected chi connectivity index (χ3v) is 6.98. The lowest BCUT2D eigenvalue weighted by molar-refractivity contribution is -0.142. The number of carbonyl (C=O) groups excluding carboxylic acids is 2. The molecular weight excluding hydrogens is 540 g/mol. The second kappa shape index (κ2) is 14.1. The summed E-state index contributed by atoms with van der Waals surface area (Å²) < 4.78 is 6.88. The van der Waals surface area contributed by atoms with Gasteiger partial charge in [0.05, 0.1) is 0 Å². The molecule has 202 valence electrons. The molecule has 0 aliphatic heterocycles. The molecule has 0 aromatic heterocycles. The molecule has 0 bridgehead atoms. The molecule has 0 saturated carbocycles. The smallest absolute Gasteiger partial charge is 0.261 e. The summed E-state index contributed by atoms with van der Waals surface area (Å²) in [4.78, 5) is 28.8. The van der Waals surface area contributed by atoms with E-state index in [4.69, 9.17) is 4.74 Å². The van der Waals surface area contributed by atoms with Gasteiger partial charge >= 0.3 is 0 Å². The lowest BCUT2D eigenvalue weighted by atomic mass is 9.87. The number of nitrogens with zero attached hydrogens (tertiary/aromatic N) is 1. The Morgan fingerprint density at radius 2 is 1.58 bits per heavy atom. The van der Waals surface area contributed by atoms with Crippen molar-refractivity contribution in [3.63, 3.8) is 0 Å². The van der Waals surface area contributed by atoms with Gasteiger partial charge < -0.3 is 15.0 Å². The summed E-state index contributed by atoms with van der Waals surface area (Å²) in [6.07, 6.45) is 2.28. The minimum atomic E-state index is -0.669. The average molecular weight is 580 g/mol. The molecule has 0 radical (unpaired) electrons. The fourth-order valence-corrected chi connectivity index (χ4v) is 4.39. The van der Waals surface area contributed by atoms with Crippen LogP contribution >= 0.6 is 15.9 Å². The Hall–Kier alpha value is -3.12. The van der Waals surface area contributed by atoms with Gasteiger partial charge in [-0.05, 0) is 52.8 Å². The minimum absolute atomic E-state index is 0.0334. The van der Waals surface area contributed by atoms with Gasteiger partial charge in [-0.1, -0.05) is 105 Å². The number of hydrogen-bond acceptors (Lipinski definition) is 3. The van der Waals surface area contributed by atoms with E-state index in [1.54, 1.807) is 4.90 Å². The number of hydrogen-bond donors (Lipinski definition) is 1. The van der Waals surface area contributed by atoms with Crippen LogP contribution in [0.4, 0.5) is 0 Å². The summed E-state index contributed by atoms with van der Waals surface area (Å²) in [6.45, 7) is 9.29. The van der Waals surface area contributed by atoms with E-state index in [2.05, 4.69) is 48.9 Å². The Kier molecular flexibility index (Phi) is 11.0. The molecule has 0 saturated heterocycles. The van der Waals surface area contributed by atoms with E-state index in [0.29, 0.717) is 25.3 Å². The predicted octanol–water partition coefficient (Wildman–Crippen LogP) is 6.68. The van der Waals surface area contributed by atoms with Crippen molar-refractivity contribution in [3.05, 3.63) is 100 Å². The van der Waals surface area contributed by atoms with Crippen molar-refractivity contribution >= 4 is 27.7 Å². The summed E-state index contributed by atoms with van der Waals surface area (Å²) >= 11 is 3.48. The zero-order valence-electron chi connectivity index (χ0n) is 22.9. The van der Waals surface area contributed by atoms with Crippen molar-refractivity contribution < 1.29 is 14.3 Å². The highest BCUT2D eigenvalue weighted by molar-refractivity contribution is 9.10. The first-order valence-electron chi connectivity index (χ1n) is 13.3. The van der Waals surface area contributed by atoms with Crippen LogP contribution < -0.4 is 10.1 Å². The van der Waals surface area contributed by atoms with Gasteiger partial charge in [-0.15, -0.1) is 0 Å². The second-order valence-corrected chi connectivity index (χ2v) is 11.5. The van der Waals surface area contributed by atoms with E-state index in [1.165, 1.54) is 5.56 Å². The Bertz CT molecular complexity index is 1160. The molecule has 5 nitrogen and oxygen atoms in total. The SMILES string of the molecule is CCCCNC(=O)[C@H](Cc1ccccc1)N(Cc1ccc(Br)cc1)C(=O)COc1ccc(C(C)(C)C)cc1. The number of rotatable bonds is 12. The number of benzene rings is 3. The normalized spacial score (nSPS) is 12.0. The molecule has 6 heteroatoms. The quantitative estimate of drug-likeness (QED) is 0.244. The summed E-state index contributed by atoms with van der Waals surface area (Å²) in [6, 6.07) is 24.8. The summed E-state index contributed by atoms with van der Waals surface area (Å²) in [7, 11) is 0. The van der Waals surface area contributed by atoms with Crippen LogP contribution in [-0.2, 0) is 28.0 Å². The molecule has 38 heavy (non-hydrogen) atoms. The Morgan fingerprint density at radius 1 is 0.921 bits per heavy atom. The molecular formula is C32H39BrN2O3. The maximum Gasteiger partial charge on any atom is 0.261 e. The van der Waals surface area contributed by atoms with Crippen molar-refractivity contribution in [2.45, 2.75) is 65.0 Å². The number of amides is 2. The molecule has 3 aromatic carbocycles. The van der Waals surface area contributed by atoms with Gasteiger partial charge in [0, 0.05) is 24.0 Å². The van der Waals surface area contributed by atoms with E-state index < -0.39 is 6.04 Å². The second-order valence-electron chi connectivity index (χ2n) is 10.6. The fourth-order valence-electron chi connectivity index (χ4n) is 4.13. The van der Waals surface area contributed by atoms with Crippen LogP contribution in [0.1, 0.15) is 57.2 Å². The van der Waals surface area contributed by atoms with Crippen LogP contribution in [0.25, 0.3) is 0 Å². The summed E-state index contributed by atoms with van der Waals surface area (Å²) in [5, 5.41) is 3.05. The van der Waals surface area contributed by atoms with Crippen LogP contribution in [0.2, 0.25) is 0 Å². The van der Waals surface area contributed by atoms with Crippen LogP contribution in [0.5, 0.6) is 5.75 Å². The molecule has 2 amide bonds. The van der Waals surface area contributed by atoms with Gasteiger partial charge in [-0.3, -0.25) is 9.59 Å². The summed E-state index contributed by atoms with van der Waals surface area (Å²) in [5.41, 5.74) is 3.16. The molecule has 0 fully saturated rings. The maximum absolute atomic E-state index is 13.7. The van der Waals surface area contributed by atoms with Crippen molar-refractivity contribution in [1.82, 2.24) is 10.2 Å². The third-order valence-electron chi connectivity index (χ3n) is 6.45. The van der Waals surface area contributed by atoms with Gasteiger partial charge in [0.25, 0.3) is 5.91 Å². The van der Waals surface area contributed by atoms with Gasteiger partial charge in [-0.25, -0.2) is 0 Å². The Morgan fingerprint density at radius 3 is 2.18 bits per heavy atom. The Labute approximate surface area is 235 Å². The number of nitrogens with one attached hydrogen (secondary N) is 1. The highest BCUT2D eigenvalue weighted by Gasteiger charge is 2.30. The molecule has 1 N–H and O–H groups in total. The van der Waals surface area contributed by atoms with Gasteiger partial charge in [0.2, 0.25) is 5.91 Å². The molecule has 3 aromatic rings. The highest BCUT2D eigenvalue weighted by Crippen LogP contribution is 2.24. The molecule has 3 rings (SSSR count). The number of halogens is 1. The number of unbranched alkanes of at least 4 members (excludes halogenated alkanes) is 1. The molecule has 0 spiro atoms. The maximum atomic E-state index is 13.7. The van der Waals surface area contributed by atoms with Crippen LogP contribution in [0.3, 0.4) is 0 Å². The zero-order chi connectivity index (χ0) is 27.5. The first-order valence-corrected chi connectivity index (χ1v) is 14.1. The van der Waals surface area contributed by atoms with Gasteiger partial charge in [-0.2, -0.15) is 0 Å². The standard InChI is InChI=1S/C32H39BrN2O3/c1-5-6-20-34-31(37)29(21-24-10-8-7-9-11-24)35(22-25-12-16-27(33)17-13-25)30(36)23-38-28-18-14-26(15-19-28)32(2,3)4/h7-19,29H,5-6,20-23H2,1-4H3,(H,34,37)/t29-/m0/s1. The summed E-state index contributed by atoms with van der Waals surface area (Å²) in [5.74, 6) is 0.239. The van der Waals surface area contributed by atoms with E-state index in [0.717, 1.165) is 28.4 Å². The molecule has 0 aliphatic rings. The monoisotopic (exact) mass is 578 g/mol. The van der Waals surface area contributed by atoms with Crippen LogP contribution in [-0.4, -0.2) is 35.9 Å². The van der Waals surface area contributed by atoms with E-state index >= 15 is 0 Å². The average Bonchev–Trinajstić information content (AvgIpc) is 2.90. The van der Waals surface area contributed by atoms with Crippen molar-refractivity contribution in [3.8, 4) is 5.75 Å². The van der Waals surface area contributed by atoms with Crippen LogP contribution in [0, 0.1) is 0 Å². The molecule has 0 unspecified atom stereocenters. The van der Waals surface area contributed by atoms with Crippen LogP contribution in [0.15, 0.2) is 83.3 Å². The Balaban J connectivity index is 1.85. The van der Waals surface area contributed by atoms with E-state index in [1.807, 2.05) is 78.9 Å². The number of carbonyl (C=O) groups is 2. The molecule has 0 aliphatic carbocycles. The van der Waals surface area contributed by atoms with Crippen molar-refractivity contribution in [2.24, 2.45) is 0 Å². The highest BCUT2D eigenvalue weighted by atomic mass is 79.9. The number of ether oxygens (including phenoxy) is 1. The predicted molar refractivity (Wildman–Crippen MR) is 157 cm³/mol.